The van der Waals surface area contributed by atoms with Gasteiger partial charge in [-0.25, -0.2) is 0 Å². The molecule has 3 radical (unpaired) electrons. The van der Waals surface area contributed by atoms with Crippen molar-refractivity contribution in [2.45, 2.75) is 20.8 Å². The minimum absolute atomic E-state index is 0. The van der Waals surface area contributed by atoms with Gasteiger partial charge >= 0.3 is 0 Å². The summed E-state index contributed by atoms with van der Waals surface area (Å²) in [6.45, 7) is 5.92. The number of hydrogen-bond acceptors (Lipinski definition) is 3. The number of pyridine rings is 3. The number of fused-ring (bicyclic) bond motifs is 3. The number of aryl methyl sites for hydroxylation is 3. The van der Waals surface area contributed by atoms with E-state index in [0.717, 1.165) is 44.5 Å². The molecule has 0 unspecified atom stereocenters. The molecule has 0 bridgehead atoms. The van der Waals surface area contributed by atoms with Crippen molar-refractivity contribution in [3.8, 4) is 33.8 Å². The van der Waals surface area contributed by atoms with Crippen LogP contribution in [-0.4, -0.2) is 15.0 Å². The second-order valence-corrected chi connectivity index (χ2v) is 12.6. The van der Waals surface area contributed by atoms with Crippen LogP contribution in [0, 0.1) is 44.8 Å². The molecule has 0 spiro atoms. The van der Waals surface area contributed by atoms with Crippen LogP contribution in [0.3, 0.4) is 0 Å². The summed E-state index contributed by atoms with van der Waals surface area (Å²) in [6, 6.07) is 55.5. The molecule has 0 N–H and O–H groups in total. The predicted molar refractivity (Wildman–Crippen MR) is 212 cm³/mol. The Hall–Kier alpha value is -4.57. The second-order valence-electron chi connectivity index (χ2n) is 12.6. The molecule has 55 heavy (non-hydrogen) atoms. The summed E-state index contributed by atoms with van der Waals surface area (Å²) >= 11 is 0. The van der Waals surface area contributed by atoms with Crippen LogP contribution < -0.4 is 0 Å². The summed E-state index contributed by atoms with van der Waals surface area (Å²) in [5.74, 6) is -0.237. The number of aromatic nitrogens is 3. The van der Waals surface area contributed by atoms with Crippen molar-refractivity contribution < 1.29 is 64.7 Å². The van der Waals surface area contributed by atoms with Crippen LogP contribution in [0.4, 0.5) is 4.39 Å². The van der Waals surface area contributed by atoms with Crippen LogP contribution in [0.1, 0.15) is 16.7 Å². The zero-order valence-corrected chi connectivity index (χ0v) is 37.4. The molecule has 6 aromatic carbocycles. The molecule has 0 fully saturated rings. The first-order valence-electron chi connectivity index (χ1n) is 17.1. The van der Waals surface area contributed by atoms with Crippen molar-refractivity contribution in [3.05, 3.63) is 199 Å². The van der Waals surface area contributed by atoms with Gasteiger partial charge in [-0.15, -0.1) is 94.5 Å². The van der Waals surface area contributed by atoms with Crippen molar-refractivity contribution in [1.29, 1.82) is 0 Å². The van der Waals surface area contributed by atoms with Gasteiger partial charge in [-0.05, 0) is 67.6 Å². The molecule has 9 rings (SSSR count). The molecule has 7 heteroatoms. The average Bonchev–Trinajstić information content (AvgIpc) is 3.19. The number of rotatable bonds is 3. The Bertz CT molecular complexity index is 2530. The van der Waals surface area contributed by atoms with Gasteiger partial charge in [-0.3, -0.25) is 4.39 Å². The first-order valence-corrected chi connectivity index (χ1v) is 17.1. The molecule has 0 aliphatic rings. The van der Waals surface area contributed by atoms with E-state index in [4.69, 9.17) is 0 Å². The summed E-state index contributed by atoms with van der Waals surface area (Å²) in [7, 11) is 0. The van der Waals surface area contributed by atoms with Crippen LogP contribution in [-0.2, 0) is 60.3 Å². The van der Waals surface area contributed by atoms with Crippen LogP contribution in [0.5, 0.6) is 0 Å². The fourth-order valence-electron chi connectivity index (χ4n) is 6.16. The van der Waals surface area contributed by atoms with Crippen LogP contribution in [0.15, 0.2) is 158 Å². The van der Waals surface area contributed by atoms with Crippen LogP contribution in [0.25, 0.3) is 66.1 Å². The first kappa shape index (κ1) is 43.2. The van der Waals surface area contributed by atoms with Gasteiger partial charge in [0, 0.05) is 84.7 Å². The van der Waals surface area contributed by atoms with Gasteiger partial charge in [0.2, 0.25) is 0 Å². The molecular weight excluding hydrogens is 1210 g/mol. The molecule has 0 saturated carbocycles. The molecule has 3 aromatic heterocycles. The molecule has 9 aromatic rings. The van der Waals surface area contributed by atoms with E-state index < -0.39 is 0 Å². The van der Waals surface area contributed by atoms with Crippen molar-refractivity contribution in [2.75, 3.05) is 0 Å². The number of halogens is 1. The van der Waals surface area contributed by atoms with Crippen molar-refractivity contribution >= 4 is 32.3 Å². The molecule has 0 atom stereocenters. The number of hydrogen-bond donors (Lipinski definition) is 0. The van der Waals surface area contributed by atoms with Crippen molar-refractivity contribution in [1.82, 2.24) is 15.0 Å². The zero-order chi connectivity index (χ0) is 35.9. The van der Waals surface area contributed by atoms with Crippen molar-refractivity contribution in [3.63, 3.8) is 0 Å². The van der Waals surface area contributed by atoms with Gasteiger partial charge in [-0.2, -0.15) is 0 Å². The Labute approximate surface area is 362 Å². The van der Waals surface area contributed by atoms with Crippen LogP contribution >= 0.6 is 0 Å². The van der Waals surface area contributed by atoms with Gasteiger partial charge in [-0.1, -0.05) is 99.1 Å². The van der Waals surface area contributed by atoms with E-state index in [1.165, 1.54) is 38.7 Å². The summed E-state index contributed by atoms with van der Waals surface area (Å²) in [5.41, 5.74) is 8.87. The molecule has 0 saturated heterocycles. The van der Waals surface area contributed by atoms with E-state index in [0.29, 0.717) is 5.56 Å². The van der Waals surface area contributed by atoms with Gasteiger partial charge in [0.25, 0.3) is 0 Å². The van der Waals surface area contributed by atoms with Gasteiger partial charge in [0.15, 0.2) is 0 Å². The Morgan fingerprint density at radius 2 is 0.800 bits per heavy atom. The van der Waals surface area contributed by atoms with E-state index in [2.05, 4.69) is 95.5 Å². The number of nitrogens with zero attached hydrogens (tertiary/aromatic N) is 3. The third-order valence-electron chi connectivity index (χ3n) is 8.79. The van der Waals surface area contributed by atoms with E-state index in [9.17, 15) is 4.39 Å². The second kappa shape index (κ2) is 20.4. The third kappa shape index (κ3) is 10.4. The first-order chi connectivity index (χ1) is 25.4. The zero-order valence-electron chi connectivity index (χ0n) is 30.2. The Morgan fingerprint density at radius 1 is 0.436 bits per heavy atom. The quantitative estimate of drug-likeness (QED) is 0.166. The molecule has 3 nitrogen and oxygen atoms in total. The minimum Gasteiger partial charge on any atom is -0.304 e. The van der Waals surface area contributed by atoms with Crippen LogP contribution in [0.2, 0.25) is 0 Å². The summed E-state index contributed by atoms with van der Waals surface area (Å²) in [5, 5.41) is 6.97. The Balaban J connectivity index is 0.000000179. The molecule has 0 amide bonds. The normalized spacial score (nSPS) is 10.1. The topological polar surface area (TPSA) is 38.7 Å². The SMILES string of the molecule is Cc1cc(-c2nccc3ccccc23)[c-]cc1F.Cc1cc[c-]c(-c2nccc3ccccc23)c1.Cc1cc[c-]c(-c2nccc3ccccc23)c1.[Ir].[Ir].[Ir]. The largest absolute Gasteiger partial charge is 0.304 e. The van der Waals surface area contributed by atoms with Gasteiger partial charge in [0.05, 0.1) is 0 Å². The molecule has 279 valence electrons. The maximum absolute atomic E-state index is 13.3. The predicted octanol–water partition coefficient (Wildman–Crippen LogP) is 12.2. The minimum atomic E-state index is -0.237. The van der Waals surface area contributed by atoms with Crippen molar-refractivity contribution in [2.24, 2.45) is 0 Å². The summed E-state index contributed by atoms with van der Waals surface area (Å²) in [6.07, 6.45) is 5.48. The fraction of sp³-hybridized carbons (Fsp3) is 0.0625. The molecular formula is C48H35FIr3N3-3. The summed E-state index contributed by atoms with van der Waals surface area (Å²) in [4.78, 5) is 13.4. The maximum Gasteiger partial charge on any atom is 0.0408 e. The van der Waals surface area contributed by atoms with E-state index in [-0.39, 0.29) is 66.1 Å². The van der Waals surface area contributed by atoms with E-state index in [1.54, 1.807) is 19.2 Å². The van der Waals surface area contributed by atoms with E-state index in [1.807, 2.05) is 91.3 Å². The molecule has 0 aliphatic carbocycles. The maximum atomic E-state index is 13.3. The molecule has 0 aliphatic heterocycles. The average molecular weight is 1250 g/mol. The smallest absolute Gasteiger partial charge is 0.0408 e. The molecule has 3 heterocycles. The Kier molecular flexibility index (Phi) is 16.0. The standard InChI is InChI=1S/C16H11FN.2C16H12N.3Ir/c1-11-10-13(6-7-15(11)17)16-14-5-3-2-4-12(14)8-9-18-16;2*1-12-5-4-7-14(11-12)16-15-8-3-2-6-13(15)9-10-17-16;;;/h2-5,7-10H,1H3;2*2-6,8-11H,1H3;;;/q3*-1;;;. The monoisotopic (exact) mass is 1250 g/mol. The third-order valence-corrected chi connectivity index (χ3v) is 8.79. The van der Waals surface area contributed by atoms with Gasteiger partial charge in [0.1, 0.15) is 0 Å². The number of benzene rings is 6. The van der Waals surface area contributed by atoms with E-state index >= 15 is 0 Å². The fourth-order valence-corrected chi connectivity index (χ4v) is 6.16. The summed E-state index contributed by atoms with van der Waals surface area (Å²) < 4.78 is 13.3. The van der Waals surface area contributed by atoms with Gasteiger partial charge < -0.3 is 15.0 Å². The Morgan fingerprint density at radius 3 is 1.16 bits per heavy atom.